The third-order valence-electron chi connectivity index (χ3n) is 3.08. The van der Waals surface area contributed by atoms with Crippen LogP contribution >= 0.6 is 0 Å². The Bertz CT molecular complexity index is 445. The molecule has 0 fully saturated rings. The zero-order chi connectivity index (χ0) is 11.7. The smallest absolute Gasteiger partial charge is 0.141 e. The Morgan fingerprint density at radius 2 is 2.31 bits per heavy atom. The molecule has 84 valence electrons. The molecule has 0 amide bonds. The number of hydrogen-bond acceptors (Lipinski definition) is 4. The Hall–Kier alpha value is -1.60. The van der Waals surface area contributed by atoms with Crippen LogP contribution in [0.5, 0.6) is 0 Å². The fourth-order valence-electron chi connectivity index (χ4n) is 2.04. The van der Waals surface area contributed by atoms with E-state index in [0.717, 1.165) is 30.8 Å². The van der Waals surface area contributed by atoms with Crippen molar-refractivity contribution in [1.82, 2.24) is 9.88 Å². The molecular weight excluding hydrogens is 200 g/mol. The minimum Gasteiger partial charge on any atom is -0.383 e. The summed E-state index contributed by atoms with van der Waals surface area (Å²) in [5.41, 5.74) is 8.39. The number of aromatic nitrogens is 1. The number of hydrogen-bond donors (Lipinski definition) is 1. The highest BCUT2D eigenvalue weighted by Gasteiger charge is 2.20. The lowest BCUT2D eigenvalue weighted by atomic mass is 10.0. The van der Waals surface area contributed by atoms with Crippen molar-refractivity contribution in [3.8, 4) is 6.07 Å². The maximum Gasteiger partial charge on any atom is 0.141 e. The van der Waals surface area contributed by atoms with Gasteiger partial charge in [0, 0.05) is 31.2 Å². The first kappa shape index (κ1) is 10.9. The second kappa shape index (κ2) is 4.11. The number of anilines is 1. The van der Waals surface area contributed by atoms with Crippen LogP contribution in [0.3, 0.4) is 0 Å². The number of nitrogen functional groups attached to an aromatic ring is 1. The summed E-state index contributed by atoms with van der Waals surface area (Å²) >= 11 is 0. The molecule has 1 aliphatic rings. The van der Waals surface area contributed by atoms with E-state index in [-0.39, 0.29) is 0 Å². The van der Waals surface area contributed by atoms with Crippen molar-refractivity contribution in [1.29, 1.82) is 5.26 Å². The topological polar surface area (TPSA) is 65.9 Å². The lowest BCUT2D eigenvalue weighted by Crippen LogP contribution is -2.36. The standard InChI is InChI=1S/C12H16N4/c1-8(2)16-4-3-11-10(7-16)5-9(6-13)12(14)15-11/h5,8H,3-4,7H2,1-2H3,(H2,14,15). The second-order valence-electron chi connectivity index (χ2n) is 4.45. The summed E-state index contributed by atoms with van der Waals surface area (Å²) in [6, 6.07) is 4.49. The van der Waals surface area contributed by atoms with Crippen molar-refractivity contribution < 1.29 is 0 Å². The Morgan fingerprint density at radius 1 is 1.56 bits per heavy atom. The van der Waals surface area contributed by atoms with Gasteiger partial charge in [-0.15, -0.1) is 0 Å². The van der Waals surface area contributed by atoms with Gasteiger partial charge in [0.2, 0.25) is 0 Å². The molecule has 0 bridgehead atoms. The van der Waals surface area contributed by atoms with Crippen molar-refractivity contribution >= 4 is 5.82 Å². The SMILES string of the molecule is CC(C)N1CCc2nc(N)c(C#N)cc2C1. The molecule has 2 rings (SSSR count). The highest BCUT2D eigenvalue weighted by Crippen LogP contribution is 2.22. The summed E-state index contributed by atoms with van der Waals surface area (Å²) < 4.78 is 0. The fraction of sp³-hybridized carbons (Fsp3) is 0.500. The summed E-state index contributed by atoms with van der Waals surface area (Å²) in [7, 11) is 0. The van der Waals surface area contributed by atoms with Gasteiger partial charge in [-0.1, -0.05) is 0 Å². The Labute approximate surface area is 95.7 Å². The number of pyridine rings is 1. The summed E-state index contributed by atoms with van der Waals surface area (Å²) in [5.74, 6) is 0.360. The molecule has 0 atom stereocenters. The van der Waals surface area contributed by atoms with Crippen LogP contribution in [-0.2, 0) is 13.0 Å². The van der Waals surface area contributed by atoms with E-state index in [1.165, 1.54) is 0 Å². The molecule has 4 nitrogen and oxygen atoms in total. The van der Waals surface area contributed by atoms with E-state index >= 15 is 0 Å². The van der Waals surface area contributed by atoms with E-state index in [0.29, 0.717) is 17.4 Å². The minimum absolute atomic E-state index is 0.360. The molecule has 0 saturated heterocycles. The summed E-state index contributed by atoms with van der Waals surface area (Å²) in [6.07, 6.45) is 0.920. The number of fused-ring (bicyclic) bond motifs is 1. The van der Waals surface area contributed by atoms with Crippen LogP contribution in [0.25, 0.3) is 0 Å². The Balaban J connectivity index is 2.35. The predicted molar refractivity (Wildman–Crippen MR) is 62.6 cm³/mol. The van der Waals surface area contributed by atoms with Gasteiger partial charge in [-0.2, -0.15) is 5.26 Å². The van der Waals surface area contributed by atoms with E-state index in [1.54, 1.807) is 0 Å². The van der Waals surface area contributed by atoms with Crippen LogP contribution in [0, 0.1) is 11.3 Å². The molecule has 0 aromatic carbocycles. The van der Waals surface area contributed by atoms with Crippen LogP contribution < -0.4 is 5.73 Å². The van der Waals surface area contributed by atoms with Gasteiger partial charge in [0.15, 0.2) is 0 Å². The zero-order valence-corrected chi connectivity index (χ0v) is 9.70. The van der Waals surface area contributed by atoms with Gasteiger partial charge in [-0.3, -0.25) is 4.90 Å². The molecule has 16 heavy (non-hydrogen) atoms. The van der Waals surface area contributed by atoms with Gasteiger partial charge < -0.3 is 5.73 Å². The zero-order valence-electron chi connectivity index (χ0n) is 9.70. The van der Waals surface area contributed by atoms with Crippen molar-refractivity contribution in [3.63, 3.8) is 0 Å². The molecule has 0 aliphatic carbocycles. The van der Waals surface area contributed by atoms with E-state index in [2.05, 4.69) is 29.8 Å². The monoisotopic (exact) mass is 216 g/mol. The van der Waals surface area contributed by atoms with Crippen LogP contribution in [0.4, 0.5) is 5.82 Å². The fourth-order valence-corrected chi connectivity index (χ4v) is 2.04. The first-order chi connectivity index (χ1) is 7.61. The minimum atomic E-state index is 0.360. The van der Waals surface area contributed by atoms with Crippen LogP contribution in [-0.4, -0.2) is 22.5 Å². The summed E-state index contributed by atoms with van der Waals surface area (Å²) in [4.78, 5) is 6.68. The van der Waals surface area contributed by atoms with Gasteiger partial charge in [-0.25, -0.2) is 4.98 Å². The highest BCUT2D eigenvalue weighted by atomic mass is 15.2. The molecule has 1 aromatic rings. The van der Waals surface area contributed by atoms with Gasteiger partial charge in [0.05, 0.1) is 5.56 Å². The van der Waals surface area contributed by atoms with Crippen LogP contribution in [0.2, 0.25) is 0 Å². The molecule has 1 aromatic heterocycles. The van der Waals surface area contributed by atoms with Gasteiger partial charge in [-0.05, 0) is 25.5 Å². The average molecular weight is 216 g/mol. The largest absolute Gasteiger partial charge is 0.383 e. The number of rotatable bonds is 1. The van der Waals surface area contributed by atoms with Crippen LogP contribution in [0.15, 0.2) is 6.07 Å². The number of nitrogens with zero attached hydrogens (tertiary/aromatic N) is 3. The van der Waals surface area contributed by atoms with Gasteiger partial charge >= 0.3 is 0 Å². The lowest BCUT2D eigenvalue weighted by Gasteiger charge is -2.31. The molecule has 2 N–H and O–H groups in total. The lowest BCUT2D eigenvalue weighted by molar-refractivity contribution is 0.202. The molecule has 1 aliphatic heterocycles. The van der Waals surface area contributed by atoms with E-state index in [1.807, 2.05) is 6.07 Å². The molecule has 4 heteroatoms. The molecule has 0 spiro atoms. The molecule has 0 unspecified atom stereocenters. The maximum absolute atomic E-state index is 8.91. The first-order valence-corrected chi connectivity index (χ1v) is 5.54. The quantitative estimate of drug-likeness (QED) is 0.768. The maximum atomic E-state index is 8.91. The molecule has 2 heterocycles. The van der Waals surface area contributed by atoms with Crippen molar-refractivity contribution in [2.45, 2.75) is 32.9 Å². The highest BCUT2D eigenvalue weighted by molar-refractivity contribution is 5.51. The van der Waals surface area contributed by atoms with Crippen molar-refractivity contribution in [2.75, 3.05) is 12.3 Å². The van der Waals surface area contributed by atoms with E-state index < -0.39 is 0 Å². The predicted octanol–water partition coefficient (Wildman–Crippen LogP) is 1.30. The average Bonchev–Trinajstić information content (AvgIpc) is 2.27. The first-order valence-electron chi connectivity index (χ1n) is 5.54. The van der Waals surface area contributed by atoms with Gasteiger partial charge in [0.25, 0.3) is 0 Å². The molecule has 0 saturated carbocycles. The van der Waals surface area contributed by atoms with Crippen LogP contribution in [0.1, 0.15) is 30.7 Å². The number of nitriles is 1. The third-order valence-corrected chi connectivity index (χ3v) is 3.08. The molecule has 0 radical (unpaired) electrons. The van der Waals surface area contributed by atoms with E-state index in [9.17, 15) is 0 Å². The second-order valence-corrected chi connectivity index (χ2v) is 4.45. The summed E-state index contributed by atoms with van der Waals surface area (Å²) in [5, 5.41) is 8.91. The Kier molecular flexibility index (Phi) is 2.80. The summed E-state index contributed by atoms with van der Waals surface area (Å²) in [6.45, 7) is 6.25. The third kappa shape index (κ3) is 1.86. The number of nitrogens with two attached hydrogens (primary N) is 1. The molecular formula is C12H16N4. The van der Waals surface area contributed by atoms with Crippen molar-refractivity contribution in [2.24, 2.45) is 0 Å². The van der Waals surface area contributed by atoms with Gasteiger partial charge in [0.1, 0.15) is 11.9 Å². The normalized spacial score (nSPS) is 15.9. The Morgan fingerprint density at radius 3 is 2.94 bits per heavy atom. The van der Waals surface area contributed by atoms with Crippen molar-refractivity contribution in [3.05, 3.63) is 22.9 Å². The van der Waals surface area contributed by atoms with E-state index in [4.69, 9.17) is 11.0 Å².